The van der Waals surface area contributed by atoms with E-state index in [0.717, 1.165) is 16.2 Å². The number of halogens is 1. The highest BCUT2D eigenvalue weighted by Gasteiger charge is 2.25. The van der Waals surface area contributed by atoms with Crippen LogP contribution in [0, 0.1) is 0 Å². The second-order valence-corrected chi connectivity index (χ2v) is 6.12. The average molecular weight is 283 g/mol. The number of methoxy groups -OCH3 is 1. The second kappa shape index (κ2) is 5.31. The van der Waals surface area contributed by atoms with E-state index in [9.17, 15) is 5.11 Å². The van der Waals surface area contributed by atoms with Crippen LogP contribution in [0.3, 0.4) is 0 Å². The van der Waals surface area contributed by atoms with Crippen molar-refractivity contribution in [1.82, 2.24) is 0 Å². The van der Waals surface area contributed by atoms with Crippen molar-refractivity contribution in [2.75, 3.05) is 7.11 Å². The van der Waals surface area contributed by atoms with Gasteiger partial charge in [-0.05, 0) is 36.8 Å². The lowest BCUT2D eigenvalue weighted by molar-refractivity contribution is 0.0615. The van der Waals surface area contributed by atoms with E-state index in [0.29, 0.717) is 10.8 Å². The van der Waals surface area contributed by atoms with Crippen LogP contribution in [0.4, 0.5) is 0 Å². The molecule has 2 nitrogen and oxygen atoms in total. The fraction of sp³-hybridized carbons (Fsp3) is 0.286. The van der Waals surface area contributed by atoms with Gasteiger partial charge in [0.2, 0.25) is 0 Å². The summed E-state index contributed by atoms with van der Waals surface area (Å²) in [4.78, 5) is 0.878. The molecule has 2 rings (SSSR count). The first-order valence-electron chi connectivity index (χ1n) is 5.62. The van der Waals surface area contributed by atoms with Crippen molar-refractivity contribution < 1.29 is 9.84 Å². The zero-order chi connectivity index (χ0) is 13.2. The topological polar surface area (TPSA) is 29.5 Å². The van der Waals surface area contributed by atoms with Gasteiger partial charge in [0.05, 0.1) is 11.4 Å². The summed E-state index contributed by atoms with van der Waals surface area (Å²) < 4.78 is 5.80. The molecule has 18 heavy (non-hydrogen) atoms. The van der Waals surface area contributed by atoms with Crippen LogP contribution in [0.15, 0.2) is 36.4 Å². The van der Waals surface area contributed by atoms with Gasteiger partial charge in [0.25, 0.3) is 0 Å². The van der Waals surface area contributed by atoms with Crippen LogP contribution in [0.25, 0.3) is 0 Å². The zero-order valence-corrected chi connectivity index (χ0v) is 11.9. The van der Waals surface area contributed by atoms with E-state index in [2.05, 4.69) is 0 Å². The Morgan fingerprint density at radius 3 is 2.39 bits per heavy atom. The molecule has 0 amide bonds. The molecule has 1 N–H and O–H groups in total. The quantitative estimate of drug-likeness (QED) is 0.923. The van der Waals surface area contributed by atoms with E-state index >= 15 is 0 Å². The summed E-state index contributed by atoms with van der Waals surface area (Å²) in [6, 6.07) is 11.4. The molecule has 1 aromatic heterocycles. The van der Waals surface area contributed by atoms with Gasteiger partial charge in [-0.2, -0.15) is 0 Å². The minimum Gasteiger partial charge on any atom is -0.497 e. The molecule has 0 radical (unpaired) electrons. The van der Waals surface area contributed by atoms with Crippen LogP contribution in [-0.2, 0) is 12.0 Å². The van der Waals surface area contributed by atoms with E-state index in [1.54, 1.807) is 14.0 Å². The molecule has 1 atom stereocenters. The number of benzene rings is 1. The summed E-state index contributed by atoms with van der Waals surface area (Å²) in [6.07, 6.45) is 0.549. The summed E-state index contributed by atoms with van der Waals surface area (Å²) in [5.41, 5.74) is 0.164. The summed E-state index contributed by atoms with van der Waals surface area (Å²) >= 11 is 7.31. The van der Waals surface area contributed by atoms with Gasteiger partial charge in [-0.1, -0.05) is 23.7 Å². The second-order valence-electron chi connectivity index (χ2n) is 4.40. The molecule has 0 bridgehead atoms. The lowest BCUT2D eigenvalue weighted by atomic mass is 9.95. The highest BCUT2D eigenvalue weighted by Crippen LogP contribution is 2.33. The molecule has 0 saturated carbocycles. The van der Waals surface area contributed by atoms with Crippen molar-refractivity contribution in [3.8, 4) is 5.75 Å². The third-order valence-corrected chi connectivity index (χ3v) is 4.30. The van der Waals surface area contributed by atoms with Gasteiger partial charge in [-0.15, -0.1) is 11.3 Å². The molecule has 0 saturated heterocycles. The number of thiophene rings is 1. The van der Waals surface area contributed by atoms with Crippen molar-refractivity contribution in [3.05, 3.63) is 51.2 Å². The highest BCUT2D eigenvalue weighted by atomic mass is 35.5. The van der Waals surface area contributed by atoms with Crippen molar-refractivity contribution in [2.45, 2.75) is 18.9 Å². The van der Waals surface area contributed by atoms with Crippen LogP contribution in [0.1, 0.15) is 17.4 Å². The number of ether oxygens (including phenoxy) is 1. The molecule has 4 heteroatoms. The zero-order valence-electron chi connectivity index (χ0n) is 10.3. The van der Waals surface area contributed by atoms with Crippen LogP contribution < -0.4 is 4.74 Å². The minimum absolute atomic E-state index is 0.549. The molecule has 0 spiro atoms. The van der Waals surface area contributed by atoms with Gasteiger partial charge in [0.1, 0.15) is 11.4 Å². The van der Waals surface area contributed by atoms with E-state index in [-0.39, 0.29) is 0 Å². The maximum absolute atomic E-state index is 10.5. The predicted molar refractivity (Wildman–Crippen MR) is 75.6 cm³/mol. The molecule has 0 aliphatic heterocycles. The number of hydrogen-bond donors (Lipinski definition) is 1. The van der Waals surface area contributed by atoms with Crippen molar-refractivity contribution >= 4 is 22.9 Å². The molecule has 0 aliphatic carbocycles. The SMILES string of the molecule is COc1ccc(CC(C)(O)c2ccc(Cl)s2)cc1. The molecule has 2 aromatic rings. The van der Waals surface area contributed by atoms with Crippen LogP contribution in [-0.4, -0.2) is 12.2 Å². The lowest BCUT2D eigenvalue weighted by Gasteiger charge is -2.22. The molecular weight excluding hydrogens is 268 g/mol. The third-order valence-electron chi connectivity index (χ3n) is 2.81. The molecule has 1 aromatic carbocycles. The monoisotopic (exact) mass is 282 g/mol. The Morgan fingerprint density at radius 2 is 1.89 bits per heavy atom. The summed E-state index contributed by atoms with van der Waals surface area (Å²) in [7, 11) is 1.64. The van der Waals surface area contributed by atoms with E-state index in [4.69, 9.17) is 16.3 Å². The van der Waals surface area contributed by atoms with Crippen molar-refractivity contribution in [3.63, 3.8) is 0 Å². The summed E-state index contributed by atoms with van der Waals surface area (Å²) in [5.74, 6) is 0.817. The molecule has 1 unspecified atom stereocenters. The Morgan fingerprint density at radius 1 is 1.22 bits per heavy atom. The van der Waals surface area contributed by atoms with Crippen molar-refractivity contribution in [1.29, 1.82) is 0 Å². The van der Waals surface area contributed by atoms with Crippen LogP contribution in [0.2, 0.25) is 4.34 Å². The molecule has 0 fully saturated rings. The minimum atomic E-state index is -0.896. The standard InChI is InChI=1S/C14H15ClO2S/c1-14(16,12-7-8-13(15)18-12)9-10-3-5-11(17-2)6-4-10/h3-8,16H,9H2,1-2H3. The number of hydrogen-bond acceptors (Lipinski definition) is 3. The predicted octanol–water partition coefficient (Wildman–Crippen LogP) is 3.86. The highest BCUT2D eigenvalue weighted by molar-refractivity contribution is 7.16. The number of rotatable bonds is 4. The molecule has 0 aliphatic rings. The van der Waals surface area contributed by atoms with Gasteiger partial charge in [0, 0.05) is 11.3 Å². The Kier molecular flexibility index (Phi) is 3.95. The fourth-order valence-corrected chi connectivity index (χ4v) is 2.92. The molecule has 96 valence electrons. The van der Waals surface area contributed by atoms with Crippen LogP contribution >= 0.6 is 22.9 Å². The first-order chi connectivity index (χ1) is 8.51. The van der Waals surface area contributed by atoms with E-state index in [1.165, 1.54) is 11.3 Å². The smallest absolute Gasteiger partial charge is 0.118 e. The van der Waals surface area contributed by atoms with E-state index < -0.39 is 5.60 Å². The fourth-order valence-electron chi connectivity index (χ4n) is 1.83. The summed E-state index contributed by atoms with van der Waals surface area (Å²) in [5, 5.41) is 10.5. The average Bonchev–Trinajstić information content (AvgIpc) is 2.77. The van der Waals surface area contributed by atoms with Crippen molar-refractivity contribution in [2.24, 2.45) is 0 Å². The molecule has 1 heterocycles. The normalized spacial score (nSPS) is 14.2. The van der Waals surface area contributed by atoms with Crippen LogP contribution in [0.5, 0.6) is 5.75 Å². The van der Waals surface area contributed by atoms with Gasteiger partial charge < -0.3 is 9.84 Å². The third kappa shape index (κ3) is 3.05. The Balaban J connectivity index is 2.16. The van der Waals surface area contributed by atoms with Gasteiger partial charge >= 0.3 is 0 Å². The Labute approximate surface area is 116 Å². The van der Waals surface area contributed by atoms with E-state index in [1.807, 2.05) is 36.4 Å². The molecular formula is C14H15ClO2S. The first kappa shape index (κ1) is 13.4. The first-order valence-corrected chi connectivity index (χ1v) is 6.82. The van der Waals surface area contributed by atoms with Gasteiger partial charge in [0.15, 0.2) is 0 Å². The Hall–Kier alpha value is -1.03. The van der Waals surface area contributed by atoms with Gasteiger partial charge in [-0.3, -0.25) is 0 Å². The largest absolute Gasteiger partial charge is 0.497 e. The Bertz CT molecular complexity index is 517. The maximum atomic E-state index is 10.5. The van der Waals surface area contributed by atoms with Gasteiger partial charge in [-0.25, -0.2) is 0 Å². The maximum Gasteiger partial charge on any atom is 0.118 e. The summed E-state index contributed by atoms with van der Waals surface area (Å²) in [6.45, 7) is 1.80. The lowest BCUT2D eigenvalue weighted by Crippen LogP contribution is -2.22. The number of aliphatic hydroxyl groups is 1.